The van der Waals surface area contributed by atoms with Crippen LogP contribution in [0.25, 0.3) is 0 Å². The van der Waals surface area contributed by atoms with E-state index in [0.717, 1.165) is 47.5 Å². The van der Waals surface area contributed by atoms with Crippen molar-refractivity contribution in [1.82, 2.24) is 20.9 Å². The summed E-state index contributed by atoms with van der Waals surface area (Å²) in [6.45, 7) is 4.19. The molecule has 2 aromatic heterocycles. The van der Waals surface area contributed by atoms with E-state index in [2.05, 4.69) is 31.3 Å². The molecular weight excluding hydrogens is 469 g/mol. The molecule has 1 amide bonds. The van der Waals surface area contributed by atoms with Crippen LogP contribution >= 0.6 is 46.7 Å². The molecule has 0 bridgehead atoms. The average Bonchev–Trinajstić information content (AvgIpc) is 3.24. The fourth-order valence-corrected chi connectivity index (χ4v) is 3.33. The number of hydrogen-bond donors (Lipinski definition) is 3. The lowest BCUT2D eigenvalue weighted by Crippen LogP contribution is -2.39. The Hall–Kier alpha value is -1.20. The van der Waals surface area contributed by atoms with Crippen molar-refractivity contribution in [3.8, 4) is 0 Å². The molecule has 0 radical (unpaired) electrons. The van der Waals surface area contributed by atoms with E-state index in [4.69, 9.17) is 0 Å². The summed E-state index contributed by atoms with van der Waals surface area (Å²) in [5, 5.41) is 14.5. The van der Waals surface area contributed by atoms with Crippen molar-refractivity contribution in [2.24, 2.45) is 4.99 Å². The highest BCUT2D eigenvalue weighted by molar-refractivity contribution is 14.0. The molecule has 6 nitrogen and oxygen atoms in total. The third-order valence-corrected chi connectivity index (χ3v) is 4.93. The Morgan fingerprint density at radius 2 is 1.96 bits per heavy atom. The monoisotopic (exact) mass is 493 g/mol. The van der Waals surface area contributed by atoms with Crippen LogP contribution in [0, 0.1) is 6.92 Å². The highest BCUT2D eigenvalue weighted by Gasteiger charge is 2.05. The van der Waals surface area contributed by atoms with Gasteiger partial charge in [-0.05, 0) is 24.8 Å². The first-order valence-electron chi connectivity index (χ1n) is 7.86. The number of guanidine groups is 1. The van der Waals surface area contributed by atoms with Crippen LogP contribution in [0.15, 0.2) is 27.9 Å². The SMILES string of the molecule is CN=C(NCCCNC(=O)c1cccs1)NCCc1csc(C)n1.I. The Kier molecular flexibility index (Phi) is 10.7. The summed E-state index contributed by atoms with van der Waals surface area (Å²) in [4.78, 5) is 21.1. The molecule has 0 saturated heterocycles. The van der Waals surface area contributed by atoms with Crippen LogP contribution in [0.4, 0.5) is 0 Å². The topological polar surface area (TPSA) is 78.4 Å². The number of aliphatic imine (C=N–C) groups is 1. The zero-order chi connectivity index (χ0) is 17.2. The number of nitrogens with zero attached hydrogens (tertiary/aromatic N) is 2. The van der Waals surface area contributed by atoms with Crippen LogP contribution in [0.5, 0.6) is 0 Å². The van der Waals surface area contributed by atoms with Crippen LogP contribution in [-0.2, 0) is 6.42 Å². The summed E-state index contributed by atoms with van der Waals surface area (Å²) in [6.07, 6.45) is 1.71. The van der Waals surface area contributed by atoms with Crippen LogP contribution in [-0.4, -0.2) is 43.5 Å². The van der Waals surface area contributed by atoms with Gasteiger partial charge in [-0.2, -0.15) is 0 Å². The summed E-state index contributed by atoms with van der Waals surface area (Å²) >= 11 is 3.12. The maximum Gasteiger partial charge on any atom is 0.261 e. The minimum absolute atomic E-state index is 0. The van der Waals surface area contributed by atoms with Crippen molar-refractivity contribution in [3.05, 3.63) is 38.5 Å². The Morgan fingerprint density at radius 1 is 1.20 bits per heavy atom. The van der Waals surface area contributed by atoms with E-state index >= 15 is 0 Å². The number of thiazole rings is 1. The Bertz CT molecular complexity index is 657. The zero-order valence-electron chi connectivity index (χ0n) is 14.4. The third kappa shape index (κ3) is 8.15. The first-order valence-corrected chi connectivity index (χ1v) is 9.62. The minimum Gasteiger partial charge on any atom is -0.356 e. The second-order valence-corrected chi connectivity index (χ2v) is 7.13. The van der Waals surface area contributed by atoms with Crippen molar-refractivity contribution in [2.75, 3.05) is 26.7 Å². The first-order chi connectivity index (χ1) is 11.7. The van der Waals surface area contributed by atoms with Gasteiger partial charge in [0, 0.05) is 38.5 Å². The van der Waals surface area contributed by atoms with Gasteiger partial charge in [0.15, 0.2) is 5.96 Å². The molecule has 0 fully saturated rings. The van der Waals surface area contributed by atoms with Crippen molar-refractivity contribution in [2.45, 2.75) is 19.8 Å². The van der Waals surface area contributed by atoms with E-state index < -0.39 is 0 Å². The van der Waals surface area contributed by atoms with Gasteiger partial charge in [-0.1, -0.05) is 6.07 Å². The fourth-order valence-electron chi connectivity index (χ4n) is 2.04. The summed E-state index contributed by atoms with van der Waals surface area (Å²) in [5.41, 5.74) is 1.11. The number of hydrogen-bond acceptors (Lipinski definition) is 5. The second kappa shape index (κ2) is 12.2. The number of amides is 1. The maximum absolute atomic E-state index is 11.8. The maximum atomic E-state index is 11.8. The van der Waals surface area contributed by atoms with Gasteiger partial charge in [-0.25, -0.2) is 4.98 Å². The second-order valence-electron chi connectivity index (χ2n) is 5.12. The van der Waals surface area contributed by atoms with Crippen LogP contribution in [0.2, 0.25) is 0 Å². The third-order valence-electron chi connectivity index (χ3n) is 3.24. The Labute approximate surface area is 173 Å². The molecule has 0 aliphatic rings. The van der Waals surface area contributed by atoms with E-state index in [0.29, 0.717) is 6.54 Å². The molecule has 2 aromatic rings. The quantitative estimate of drug-likeness (QED) is 0.229. The van der Waals surface area contributed by atoms with Gasteiger partial charge in [0.25, 0.3) is 5.91 Å². The predicted octanol–water partition coefficient (Wildman–Crippen LogP) is 2.66. The molecule has 0 unspecified atom stereocenters. The minimum atomic E-state index is -0.00827. The molecule has 25 heavy (non-hydrogen) atoms. The van der Waals surface area contributed by atoms with Gasteiger partial charge >= 0.3 is 0 Å². The normalized spacial score (nSPS) is 10.9. The highest BCUT2D eigenvalue weighted by atomic mass is 127. The number of carbonyl (C=O) groups excluding carboxylic acids is 1. The molecule has 0 aromatic carbocycles. The highest BCUT2D eigenvalue weighted by Crippen LogP contribution is 2.08. The van der Waals surface area contributed by atoms with Gasteiger partial charge in [0.1, 0.15) is 0 Å². The largest absolute Gasteiger partial charge is 0.356 e. The summed E-state index contributed by atoms with van der Waals surface area (Å²) in [7, 11) is 1.75. The van der Waals surface area contributed by atoms with Gasteiger partial charge < -0.3 is 16.0 Å². The van der Waals surface area contributed by atoms with E-state index in [-0.39, 0.29) is 29.9 Å². The number of carbonyl (C=O) groups is 1. The van der Waals surface area contributed by atoms with Crippen molar-refractivity contribution in [3.63, 3.8) is 0 Å². The van der Waals surface area contributed by atoms with E-state index in [1.165, 1.54) is 11.3 Å². The lowest BCUT2D eigenvalue weighted by molar-refractivity contribution is 0.0957. The summed E-state index contributed by atoms with van der Waals surface area (Å²) in [6, 6.07) is 3.71. The molecular formula is C16H24IN5OS2. The molecule has 0 aliphatic carbocycles. The lowest BCUT2D eigenvalue weighted by atomic mass is 10.3. The van der Waals surface area contributed by atoms with Gasteiger partial charge in [-0.15, -0.1) is 46.7 Å². The van der Waals surface area contributed by atoms with E-state index in [1.807, 2.05) is 24.4 Å². The predicted molar refractivity (Wildman–Crippen MR) is 117 cm³/mol. The van der Waals surface area contributed by atoms with Gasteiger partial charge in [0.2, 0.25) is 0 Å². The number of aromatic nitrogens is 1. The number of aryl methyl sites for hydroxylation is 1. The summed E-state index contributed by atoms with van der Waals surface area (Å²) < 4.78 is 0. The van der Waals surface area contributed by atoms with Crippen LogP contribution < -0.4 is 16.0 Å². The van der Waals surface area contributed by atoms with Crippen molar-refractivity contribution < 1.29 is 4.79 Å². The summed E-state index contributed by atoms with van der Waals surface area (Å²) in [5.74, 6) is 0.762. The van der Waals surface area contributed by atoms with Crippen molar-refractivity contribution >= 4 is 58.5 Å². The smallest absolute Gasteiger partial charge is 0.261 e. The molecule has 9 heteroatoms. The van der Waals surface area contributed by atoms with E-state index in [9.17, 15) is 4.79 Å². The number of halogens is 1. The number of rotatable bonds is 8. The molecule has 2 rings (SSSR count). The molecule has 0 atom stereocenters. The number of thiophene rings is 1. The standard InChI is InChI=1S/C16H23N5OS2.HI/c1-12-21-13(11-24-12)6-9-20-16(17-2)19-8-4-7-18-15(22)14-5-3-10-23-14;/h3,5,10-11H,4,6-9H2,1-2H3,(H,18,22)(H2,17,19,20);1H. The molecule has 0 aliphatic heterocycles. The Balaban J connectivity index is 0.00000312. The van der Waals surface area contributed by atoms with Crippen LogP contribution in [0.3, 0.4) is 0 Å². The lowest BCUT2D eigenvalue weighted by Gasteiger charge is -2.11. The van der Waals surface area contributed by atoms with E-state index in [1.54, 1.807) is 18.4 Å². The Morgan fingerprint density at radius 3 is 2.60 bits per heavy atom. The fraction of sp³-hybridized carbons (Fsp3) is 0.438. The molecule has 138 valence electrons. The zero-order valence-corrected chi connectivity index (χ0v) is 18.3. The molecule has 0 spiro atoms. The molecule has 0 saturated carbocycles. The average molecular weight is 493 g/mol. The number of nitrogens with one attached hydrogen (secondary N) is 3. The molecule has 2 heterocycles. The van der Waals surface area contributed by atoms with Crippen molar-refractivity contribution in [1.29, 1.82) is 0 Å². The van der Waals surface area contributed by atoms with Gasteiger partial charge in [-0.3, -0.25) is 9.79 Å². The molecule has 3 N–H and O–H groups in total. The first kappa shape index (κ1) is 21.8. The van der Waals surface area contributed by atoms with Crippen LogP contribution in [0.1, 0.15) is 26.8 Å². The van der Waals surface area contributed by atoms with Gasteiger partial charge in [0.05, 0.1) is 15.6 Å².